The SMILES string of the molecule is Cc1ccccc1Oc1ncccc1CNC(=O)[C@@H]1Cc2ccccc2O1. The number of rotatable bonds is 5. The maximum atomic E-state index is 12.5. The van der Waals surface area contributed by atoms with Gasteiger partial charge >= 0.3 is 0 Å². The summed E-state index contributed by atoms with van der Waals surface area (Å²) < 4.78 is 11.7. The van der Waals surface area contributed by atoms with Crippen LogP contribution < -0.4 is 14.8 Å². The molecule has 1 aliphatic heterocycles. The van der Waals surface area contributed by atoms with E-state index in [1.807, 2.05) is 67.6 Å². The quantitative estimate of drug-likeness (QED) is 0.752. The fraction of sp³-hybridized carbons (Fsp3) is 0.182. The van der Waals surface area contributed by atoms with Gasteiger partial charge in [-0.15, -0.1) is 0 Å². The van der Waals surface area contributed by atoms with E-state index < -0.39 is 6.10 Å². The van der Waals surface area contributed by atoms with Crippen molar-refractivity contribution in [2.24, 2.45) is 0 Å². The summed E-state index contributed by atoms with van der Waals surface area (Å²) in [6.07, 6.45) is 1.76. The molecule has 5 nitrogen and oxygen atoms in total. The molecule has 0 fully saturated rings. The molecule has 0 bridgehead atoms. The Balaban J connectivity index is 1.42. The number of fused-ring (bicyclic) bond motifs is 1. The minimum atomic E-state index is -0.500. The number of nitrogens with zero attached hydrogens (tertiary/aromatic N) is 1. The molecule has 0 unspecified atom stereocenters. The molecule has 0 saturated heterocycles. The summed E-state index contributed by atoms with van der Waals surface area (Å²) >= 11 is 0. The second-order valence-corrected chi connectivity index (χ2v) is 6.47. The second kappa shape index (κ2) is 7.50. The van der Waals surface area contributed by atoms with Crippen molar-refractivity contribution < 1.29 is 14.3 Å². The molecular weight excluding hydrogens is 340 g/mol. The number of aromatic nitrogens is 1. The van der Waals surface area contributed by atoms with Crippen LogP contribution in [-0.4, -0.2) is 17.0 Å². The highest BCUT2D eigenvalue weighted by molar-refractivity contribution is 5.82. The zero-order valence-electron chi connectivity index (χ0n) is 15.0. The lowest BCUT2D eigenvalue weighted by Gasteiger charge is -2.14. The molecule has 136 valence electrons. The molecule has 2 heterocycles. The smallest absolute Gasteiger partial charge is 0.261 e. The van der Waals surface area contributed by atoms with Crippen LogP contribution in [0.4, 0.5) is 0 Å². The Bertz CT molecular complexity index is 946. The first-order valence-electron chi connectivity index (χ1n) is 8.90. The van der Waals surface area contributed by atoms with Gasteiger partial charge < -0.3 is 14.8 Å². The summed E-state index contributed by atoms with van der Waals surface area (Å²) in [5.41, 5.74) is 2.89. The summed E-state index contributed by atoms with van der Waals surface area (Å²) in [6, 6.07) is 19.2. The lowest BCUT2D eigenvalue weighted by molar-refractivity contribution is -0.127. The number of hydrogen-bond acceptors (Lipinski definition) is 4. The average molecular weight is 360 g/mol. The number of ether oxygens (including phenoxy) is 2. The van der Waals surface area contributed by atoms with Crippen molar-refractivity contribution in [1.82, 2.24) is 10.3 Å². The number of hydrogen-bond donors (Lipinski definition) is 1. The van der Waals surface area contributed by atoms with Gasteiger partial charge in [0.15, 0.2) is 6.10 Å². The maximum Gasteiger partial charge on any atom is 0.261 e. The summed E-state index contributed by atoms with van der Waals surface area (Å²) in [6.45, 7) is 2.30. The van der Waals surface area contributed by atoms with E-state index in [-0.39, 0.29) is 5.91 Å². The Morgan fingerprint density at radius 1 is 1.15 bits per heavy atom. The minimum absolute atomic E-state index is 0.142. The van der Waals surface area contributed by atoms with Gasteiger partial charge in [-0.3, -0.25) is 4.79 Å². The molecule has 1 amide bonds. The Kier molecular flexibility index (Phi) is 4.75. The number of para-hydroxylation sites is 2. The number of benzene rings is 2. The van der Waals surface area contributed by atoms with Crippen LogP contribution in [0.3, 0.4) is 0 Å². The average Bonchev–Trinajstić information content (AvgIpc) is 3.13. The van der Waals surface area contributed by atoms with Gasteiger partial charge in [0, 0.05) is 24.7 Å². The molecule has 5 heteroatoms. The Morgan fingerprint density at radius 3 is 2.81 bits per heavy atom. The van der Waals surface area contributed by atoms with Crippen LogP contribution in [0.15, 0.2) is 66.9 Å². The minimum Gasteiger partial charge on any atom is -0.480 e. The van der Waals surface area contributed by atoms with Crippen molar-refractivity contribution in [2.45, 2.75) is 26.0 Å². The fourth-order valence-corrected chi connectivity index (χ4v) is 3.05. The molecule has 0 saturated carbocycles. The zero-order chi connectivity index (χ0) is 18.6. The van der Waals surface area contributed by atoms with Crippen LogP contribution in [0.25, 0.3) is 0 Å². The fourth-order valence-electron chi connectivity index (χ4n) is 3.05. The number of pyridine rings is 1. The van der Waals surface area contributed by atoms with Gasteiger partial charge in [-0.25, -0.2) is 4.98 Å². The highest BCUT2D eigenvalue weighted by Gasteiger charge is 2.28. The van der Waals surface area contributed by atoms with Crippen LogP contribution in [0.1, 0.15) is 16.7 Å². The molecule has 1 atom stereocenters. The van der Waals surface area contributed by atoms with Gasteiger partial charge in [-0.05, 0) is 36.2 Å². The van der Waals surface area contributed by atoms with Crippen molar-refractivity contribution in [3.05, 3.63) is 83.6 Å². The number of amides is 1. The van der Waals surface area contributed by atoms with Crippen molar-refractivity contribution in [2.75, 3.05) is 0 Å². The second-order valence-electron chi connectivity index (χ2n) is 6.47. The van der Waals surface area contributed by atoms with Gasteiger partial charge in [0.2, 0.25) is 5.88 Å². The van der Waals surface area contributed by atoms with Crippen molar-refractivity contribution in [3.8, 4) is 17.4 Å². The largest absolute Gasteiger partial charge is 0.480 e. The first kappa shape index (κ1) is 17.1. The molecular formula is C22H20N2O3. The van der Waals surface area contributed by atoms with Crippen molar-refractivity contribution in [3.63, 3.8) is 0 Å². The Morgan fingerprint density at radius 2 is 1.96 bits per heavy atom. The number of nitrogens with one attached hydrogen (secondary N) is 1. The summed E-state index contributed by atoms with van der Waals surface area (Å²) in [7, 11) is 0. The number of aryl methyl sites for hydroxylation is 1. The van der Waals surface area contributed by atoms with Crippen LogP contribution in [0.5, 0.6) is 17.4 Å². The summed E-state index contributed by atoms with van der Waals surface area (Å²) in [5, 5.41) is 2.93. The highest BCUT2D eigenvalue weighted by Crippen LogP contribution is 2.29. The van der Waals surface area contributed by atoms with Gasteiger partial charge in [-0.1, -0.05) is 42.5 Å². The van der Waals surface area contributed by atoms with Gasteiger partial charge in [0.1, 0.15) is 11.5 Å². The molecule has 3 aromatic rings. The third-order valence-electron chi connectivity index (χ3n) is 4.54. The van der Waals surface area contributed by atoms with Gasteiger partial charge in [-0.2, -0.15) is 0 Å². The van der Waals surface area contributed by atoms with E-state index in [0.717, 1.165) is 28.2 Å². The summed E-state index contributed by atoms with van der Waals surface area (Å²) in [5.74, 6) is 1.88. The first-order chi connectivity index (χ1) is 13.2. The molecule has 1 aliphatic rings. The standard InChI is InChI=1S/C22H20N2O3/c1-15-7-2-4-10-18(15)27-22-17(9-6-12-23-22)14-24-21(25)20-13-16-8-3-5-11-19(16)26-20/h2-12,20H,13-14H2,1H3,(H,24,25)/t20-/m0/s1. The van der Waals surface area contributed by atoms with E-state index in [9.17, 15) is 4.79 Å². The lowest BCUT2D eigenvalue weighted by Crippen LogP contribution is -2.37. The molecule has 4 rings (SSSR count). The molecule has 0 spiro atoms. The van der Waals surface area contributed by atoms with E-state index in [1.165, 1.54) is 0 Å². The molecule has 1 aromatic heterocycles. The Labute approximate surface area is 158 Å². The molecule has 27 heavy (non-hydrogen) atoms. The van der Waals surface area contributed by atoms with E-state index in [1.54, 1.807) is 6.20 Å². The van der Waals surface area contributed by atoms with Crippen LogP contribution in [0.2, 0.25) is 0 Å². The molecule has 2 aromatic carbocycles. The predicted octanol–water partition coefficient (Wildman–Crippen LogP) is 3.80. The monoisotopic (exact) mass is 360 g/mol. The highest BCUT2D eigenvalue weighted by atomic mass is 16.5. The zero-order valence-corrected chi connectivity index (χ0v) is 15.0. The van der Waals surface area contributed by atoms with Crippen LogP contribution in [0, 0.1) is 6.92 Å². The van der Waals surface area contributed by atoms with E-state index in [4.69, 9.17) is 9.47 Å². The van der Waals surface area contributed by atoms with Crippen molar-refractivity contribution in [1.29, 1.82) is 0 Å². The van der Waals surface area contributed by atoms with Gasteiger partial charge in [0.05, 0.1) is 0 Å². The third-order valence-corrected chi connectivity index (χ3v) is 4.54. The number of carbonyl (C=O) groups excluding carboxylic acids is 1. The molecule has 0 radical (unpaired) electrons. The number of carbonyl (C=O) groups is 1. The van der Waals surface area contributed by atoms with E-state index in [0.29, 0.717) is 18.8 Å². The van der Waals surface area contributed by atoms with Crippen molar-refractivity contribution >= 4 is 5.91 Å². The predicted molar refractivity (Wildman–Crippen MR) is 102 cm³/mol. The normalized spacial score (nSPS) is 14.9. The summed E-state index contributed by atoms with van der Waals surface area (Å²) in [4.78, 5) is 16.8. The van der Waals surface area contributed by atoms with Gasteiger partial charge in [0.25, 0.3) is 5.91 Å². The maximum absolute atomic E-state index is 12.5. The topological polar surface area (TPSA) is 60.5 Å². The van der Waals surface area contributed by atoms with Crippen LogP contribution >= 0.6 is 0 Å². The third kappa shape index (κ3) is 3.77. The molecule has 1 N–H and O–H groups in total. The molecule has 0 aliphatic carbocycles. The van der Waals surface area contributed by atoms with Crippen LogP contribution in [-0.2, 0) is 17.8 Å². The first-order valence-corrected chi connectivity index (χ1v) is 8.90. The Hall–Kier alpha value is -3.34. The van der Waals surface area contributed by atoms with E-state index >= 15 is 0 Å². The lowest BCUT2D eigenvalue weighted by atomic mass is 10.1. The van der Waals surface area contributed by atoms with E-state index in [2.05, 4.69) is 10.3 Å².